The molecule has 1 saturated carbocycles. The molecule has 32 heavy (non-hydrogen) atoms. The van der Waals surface area contributed by atoms with Gasteiger partial charge in [-0.15, -0.1) is 0 Å². The molecule has 1 atom stereocenters. The fourth-order valence-corrected chi connectivity index (χ4v) is 3.96. The van der Waals surface area contributed by atoms with Crippen LogP contribution in [0.5, 0.6) is 5.75 Å². The largest absolute Gasteiger partial charge is 0.482 e. The molecule has 0 saturated heterocycles. The molecule has 3 heterocycles. The van der Waals surface area contributed by atoms with Crippen LogP contribution in [0, 0.1) is 11.7 Å². The number of aromatic nitrogens is 2. The zero-order chi connectivity index (χ0) is 22.2. The van der Waals surface area contributed by atoms with Crippen LogP contribution in [0.15, 0.2) is 45.0 Å². The predicted octanol–water partition coefficient (Wildman–Crippen LogP) is 3.80. The van der Waals surface area contributed by atoms with Crippen molar-refractivity contribution >= 4 is 18.0 Å². The van der Waals surface area contributed by atoms with E-state index in [0.29, 0.717) is 34.4 Å². The zero-order valence-corrected chi connectivity index (χ0v) is 17.6. The van der Waals surface area contributed by atoms with Crippen molar-refractivity contribution in [2.45, 2.75) is 38.8 Å². The first-order valence-corrected chi connectivity index (χ1v) is 10.5. The maximum absolute atomic E-state index is 14.1. The van der Waals surface area contributed by atoms with E-state index in [1.165, 1.54) is 25.0 Å². The number of aliphatic imine (C=N–C) groups is 2. The maximum Gasteiger partial charge on any atom is 0.166 e. The van der Waals surface area contributed by atoms with Crippen molar-refractivity contribution in [1.82, 2.24) is 10.1 Å². The highest BCUT2D eigenvalue weighted by Crippen LogP contribution is 2.39. The van der Waals surface area contributed by atoms with Crippen molar-refractivity contribution in [1.29, 1.82) is 0 Å². The van der Waals surface area contributed by atoms with E-state index in [4.69, 9.17) is 20.7 Å². The Morgan fingerprint density at radius 1 is 1.28 bits per heavy atom. The lowest BCUT2D eigenvalue weighted by molar-refractivity contribution is 0.227. The fraction of sp³-hybridized carbons (Fsp3) is 0.304. The molecule has 2 bridgehead atoms. The van der Waals surface area contributed by atoms with E-state index >= 15 is 0 Å². The highest BCUT2D eigenvalue weighted by Gasteiger charge is 2.28. The maximum atomic E-state index is 14.1. The highest BCUT2D eigenvalue weighted by molar-refractivity contribution is 6.04. The van der Waals surface area contributed by atoms with Crippen molar-refractivity contribution in [3.8, 4) is 16.9 Å². The number of amidine groups is 1. The molecule has 2 aromatic heterocycles. The normalized spacial score (nSPS) is 18.2. The van der Waals surface area contributed by atoms with Crippen molar-refractivity contribution in [2.75, 3.05) is 5.73 Å². The highest BCUT2D eigenvalue weighted by atomic mass is 19.1. The Hall–Kier alpha value is -3.75. The molecule has 9 heteroatoms. The Morgan fingerprint density at radius 3 is 2.91 bits per heavy atom. The number of anilines is 1. The summed E-state index contributed by atoms with van der Waals surface area (Å²) in [5.41, 5.74) is 15.4. The second-order valence-corrected chi connectivity index (χ2v) is 8.09. The summed E-state index contributed by atoms with van der Waals surface area (Å²) in [5, 5.41) is 4.33. The lowest BCUT2D eigenvalue weighted by atomic mass is 10.00. The number of hydrogen-bond acceptors (Lipinski definition) is 7. The van der Waals surface area contributed by atoms with Gasteiger partial charge in [0.05, 0.1) is 17.6 Å². The summed E-state index contributed by atoms with van der Waals surface area (Å²) in [6.45, 7) is 1.99. The molecule has 3 aromatic rings. The first kappa shape index (κ1) is 20.2. The Morgan fingerprint density at radius 2 is 2.12 bits per heavy atom. The van der Waals surface area contributed by atoms with Gasteiger partial charge in [0.1, 0.15) is 18.5 Å². The standard InChI is InChI=1S/C23H23FN6O2/c1-12-17-8-15(24)4-5-16(17)23(29-11-25)28-10-20-21(18(30-32-20)6-13-2-3-13)14-7-19(31-12)22(26)27-9-14/h4-5,7-9,11-13H,2-3,6,10H2,1H3,(H2,26,27)(H2,25,28,29). The molecule has 164 valence electrons. The van der Waals surface area contributed by atoms with Gasteiger partial charge >= 0.3 is 0 Å². The lowest BCUT2D eigenvalue weighted by Crippen LogP contribution is -2.13. The summed E-state index contributed by atoms with van der Waals surface area (Å²) in [5.74, 6) is 1.79. The van der Waals surface area contributed by atoms with Gasteiger partial charge in [0, 0.05) is 22.9 Å². The van der Waals surface area contributed by atoms with Crippen LogP contribution in [0.3, 0.4) is 0 Å². The van der Waals surface area contributed by atoms with Crippen LogP contribution in [0.25, 0.3) is 11.1 Å². The average molecular weight is 434 g/mol. The summed E-state index contributed by atoms with van der Waals surface area (Å²) >= 11 is 0. The molecule has 1 unspecified atom stereocenters. The van der Waals surface area contributed by atoms with Crippen molar-refractivity contribution in [3.05, 3.63) is 58.9 Å². The summed E-state index contributed by atoms with van der Waals surface area (Å²) in [4.78, 5) is 13.2. The Bertz CT molecular complexity index is 1230. The van der Waals surface area contributed by atoms with Gasteiger partial charge in [-0.1, -0.05) is 5.16 Å². The number of rotatable bonds is 2. The molecule has 0 amide bonds. The molecular formula is C23H23FN6O2. The number of nitrogen functional groups attached to an aromatic ring is 1. The van der Waals surface area contributed by atoms with Crippen LogP contribution >= 0.6 is 0 Å². The number of benzene rings is 1. The minimum Gasteiger partial charge on any atom is -0.482 e. The van der Waals surface area contributed by atoms with Crippen molar-refractivity contribution in [2.24, 2.45) is 21.6 Å². The van der Waals surface area contributed by atoms with E-state index in [-0.39, 0.29) is 12.4 Å². The Balaban J connectivity index is 1.71. The SMILES string of the molecule is CC1Oc2cc(cnc2N)-c2c(CC3CC3)noc2CN=C(N=CN)c2ccc(F)cc21. The number of fused-ring (bicyclic) bond motifs is 5. The zero-order valence-electron chi connectivity index (χ0n) is 17.6. The molecule has 5 rings (SSSR count). The quantitative estimate of drug-likeness (QED) is 0.467. The van der Waals surface area contributed by atoms with E-state index < -0.39 is 11.9 Å². The molecule has 0 spiro atoms. The number of nitrogens with two attached hydrogens (primary N) is 2. The number of nitrogens with zero attached hydrogens (tertiary/aromatic N) is 4. The molecule has 2 aliphatic rings. The van der Waals surface area contributed by atoms with Gasteiger partial charge in [-0.3, -0.25) is 4.99 Å². The minimum atomic E-state index is -0.550. The van der Waals surface area contributed by atoms with Gasteiger partial charge in [-0.05, 0) is 56.4 Å². The van der Waals surface area contributed by atoms with Crippen LogP contribution in [-0.4, -0.2) is 22.3 Å². The van der Waals surface area contributed by atoms with E-state index in [1.54, 1.807) is 12.3 Å². The summed E-state index contributed by atoms with van der Waals surface area (Å²) in [7, 11) is 0. The first-order chi connectivity index (χ1) is 15.5. The molecular weight excluding hydrogens is 411 g/mol. The Kier molecular flexibility index (Phi) is 5.08. The molecule has 1 fully saturated rings. The molecule has 8 nitrogen and oxygen atoms in total. The molecule has 4 N–H and O–H groups in total. The second kappa shape index (κ2) is 8.07. The molecule has 0 radical (unpaired) electrons. The van der Waals surface area contributed by atoms with Gasteiger partial charge in [0.15, 0.2) is 23.2 Å². The topological polar surface area (TPSA) is 125 Å². The Labute approximate surface area is 184 Å². The van der Waals surface area contributed by atoms with Gasteiger partial charge in [-0.2, -0.15) is 0 Å². The van der Waals surface area contributed by atoms with Crippen molar-refractivity contribution in [3.63, 3.8) is 0 Å². The van der Waals surface area contributed by atoms with E-state index in [0.717, 1.165) is 29.6 Å². The van der Waals surface area contributed by atoms with E-state index in [1.807, 2.05) is 13.0 Å². The van der Waals surface area contributed by atoms with Crippen LogP contribution in [-0.2, 0) is 13.0 Å². The smallest absolute Gasteiger partial charge is 0.166 e. The number of hydrogen-bond donors (Lipinski definition) is 2. The van der Waals surface area contributed by atoms with Gasteiger partial charge in [0.25, 0.3) is 0 Å². The molecule has 1 aliphatic heterocycles. The summed E-state index contributed by atoms with van der Waals surface area (Å²) in [6.07, 6.45) is 5.50. The van der Waals surface area contributed by atoms with Crippen LogP contribution in [0.4, 0.5) is 10.2 Å². The number of halogens is 1. The van der Waals surface area contributed by atoms with Crippen molar-refractivity contribution < 1.29 is 13.7 Å². The fourth-order valence-electron chi connectivity index (χ4n) is 3.96. The molecule has 1 aliphatic carbocycles. The van der Waals surface area contributed by atoms with Gasteiger partial charge < -0.3 is 20.7 Å². The van der Waals surface area contributed by atoms with Gasteiger partial charge in [0.2, 0.25) is 0 Å². The third-order valence-electron chi connectivity index (χ3n) is 5.75. The molecule has 1 aromatic carbocycles. The number of pyridine rings is 1. The predicted molar refractivity (Wildman–Crippen MR) is 119 cm³/mol. The number of ether oxygens (including phenoxy) is 1. The summed E-state index contributed by atoms with van der Waals surface area (Å²) < 4.78 is 26.0. The average Bonchev–Trinajstić information content (AvgIpc) is 3.50. The van der Waals surface area contributed by atoms with Gasteiger partial charge in [-0.25, -0.2) is 14.4 Å². The monoisotopic (exact) mass is 434 g/mol. The third kappa shape index (κ3) is 3.81. The van der Waals surface area contributed by atoms with Crippen LogP contribution < -0.4 is 16.2 Å². The van der Waals surface area contributed by atoms with E-state index in [9.17, 15) is 4.39 Å². The minimum absolute atomic E-state index is 0.186. The second-order valence-electron chi connectivity index (χ2n) is 8.09. The third-order valence-corrected chi connectivity index (χ3v) is 5.75. The first-order valence-electron chi connectivity index (χ1n) is 10.5. The summed E-state index contributed by atoms with van der Waals surface area (Å²) in [6, 6.07) is 6.19. The lowest BCUT2D eigenvalue weighted by Gasteiger charge is -2.20. The van der Waals surface area contributed by atoms with Crippen LogP contribution in [0.1, 0.15) is 48.5 Å². The van der Waals surface area contributed by atoms with Crippen LogP contribution in [0.2, 0.25) is 0 Å². The van der Waals surface area contributed by atoms with E-state index in [2.05, 4.69) is 20.1 Å².